The fourth-order valence-corrected chi connectivity index (χ4v) is 0.910. The highest BCUT2D eigenvalue weighted by molar-refractivity contribution is 5.74. The Hall–Kier alpha value is -1.56. The molecule has 88 valence electrons. The number of rotatable bonds is 5. The fraction of sp³-hybridized carbons (Fsp3) is 0.300. The van der Waals surface area contributed by atoms with Crippen molar-refractivity contribution in [3.8, 4) is 5.75 Å². The number of benzene rings is 1. The molecule has 0 bridgehead atoms. The molecule has 0 unspecified atom stereocenters. The zero-order chi connectivity index (χ0) is 12.0. The van der Waals surface area contributed by atoms with Crippen molar-refractivity contribution < 1.29 is 27.4 Å². The summed E-state index contributed by atoms with van der Waals surface area (Å²) in [4.78, 5) is 10.3. The van der Waals surface area contributed by atoms with Gasteiger partial charge in [0.15, 0.2) is 6.79 Å². The molecule has 16 heavy (non-hydrogen) atoms. The maximum absolute atomic E-state index is 11.7. The third-order valence-corrected chi connectivity index (χ3v) is 1.59. The zero-order valence-corrected chi connectivity index (χ0v) is 8.16. The molecule has 0 aliphatic heterocycles. The molecule has 1 aromatic rings. The van der Waals surface area contributed by atoms with Crippen molar-refractivity contribution in [1.82, 2.24) is 0 Å². The average molecular weight is 234 g/mol. The Morgan fingerprint density at radius 1 is 1.19 bits per heavy atom. The molecule has 1 aromatic carbocycles. The van der Waals surface area contributed by atoms with Crippen molar-refractivity contribution >= 4 is 6.29 Å². The molecular formula is C10H9F3O3. The lowest BCUT2D eigenvalue weighted by atomic mass is 10.2. The fourth-order valence-electron chi connectivity index (χ4n) is 0.910. The second-order valence-electron chi connectivity index (χ2n) is 2.91. The van der Waals surface area contributed by atoms with Crippen molar-refractivity contribution in [3.05, 3.63) is 29.8 Å². The minimum Gasteiger partial charge on any atom is -0.468 e. The van der Waals surface area contributed by atoms with Gasteiger partial charge in [0.2, 0.25) is 0 Å². The lowest BCUT2D eigenvalue weighted by Crippen LogP contribution is -2.19. The average Bonchev–Trinajstić information content (AvgIpc) is 2.24. The topological polar surface area (TPSA) is 35.5 Å². The van der Waals surface area contributed by atoms with Gasteiger partial charge in [-0.1, -0.05) is 0 Å². The molecule has 0 aliphatic rings. The number of ether oxygens (including phenoxy) is 2. The number of alkyl halides is 3. The van der Waals surface area contributed by atoms with Crippen LogP contribution in [0.1, 0.15) is 10.4 Å². The van der Waals surface area contributed by atoms with Crippen LogP contribution in [0.25, 0.3) is 0 Å². The van der Waals surface area contributed by atoms with Crippen LogP contribution in [0.5, 0.6) is 5.75 Å². The predicted octanol–water partition coefficient (Wildman–Crippen LogP) is 2.41. The van der Waals surface area contributed by atoms with E-state index in [0.29, 0.717) is 17.6 Å². The van der Waals surface area contributed by atoms with Crippen molar-refractivity contribution in [2.75, 3.05) is 13.4 Å². The van der Waals surface area contributed by atoms with Crippen LogP contribution >= 0.6 is 0 Å². The molecular weight excluding hydrogens is 225 g/mol. The highest BCUT2D eigenvalue weighted by Gasteiger charge is 2.27. The molecule has 0 amide bonds. The summed E-state index contributed by atoms with van der Waals surface area (Å²) in [5.41, 5.74) is 0.462. The van der Waals surface area contributed by atoms with Crippen LogP contribution in [0.4, 0.5) is 13.2 Å². The van der Waals surface area contributed by atoms with E-state index in [-0.39, 0.29) is 0 Å². The highest BCUT2D eigenvalue weighted by atomic mass is 19.4. The first-order valence-corrected chi connectivity index (χ1v) is 4.34. The molecule has 0 heterocycles. The van der Waals surface area contributed by atoms with Gasteiger partial charge in [-0.3, -0.25) is 4.79 Å². The van der Waals surface area contributed by atoms with Crippen LogP contribution in [0.2, 0.25) is 0 Å². The molecule has 0 aliphatic carbocycles. The molecule has 0 radical (unpaired) electrons. The summed E-state index contributed by atoms with van der Waals surface area (Å²) < 4.78 is 44.1. The molecule has 0 N–H and O–H groups in total. The molecule has 0 spiro atoms. The van der Waals surface area contributed by atoms with E-state index in [9.17, 15) is 18.0 Å². The lowest BCUT2D eigenvalue weighted by Gasteiger charge is -2.09. The summed E-state index contributed by atoms with van der Waals surface area (Å²) >= 11 is 0. The van der Waals surface area contributed by atoms with Crippen LogP contribution in [0.3, 0.4) is 0 Å². The summed E-state index contributed by atoms with van der Waals surface area (Å²) in [5.74, 6) is 0.341. The monoisotopic (exact) mass is 234 g/mol. The number of carbonyl (C=O) groups is 1. The van der Waals surface area contributed by atoms with Gasteiger partial charge in [0, 0.05) is 5.56 Å². The van der Waals surface area contributed by atoms with Gasteiger partial charge >= 0.3 is 6.18 Å². The predicted molar refractivity (Wildman–Crippen MR) is 49.3 cm³/mol. The van der Waals surface area contributed by atoms with E-state index in [1.54, 1.807) is 0 Å². The van der Waals surface area contributed by atoms with E-state index in [4.69, 9.17) is 4.74 Å². The van der Waals surface area contributed by atoms with Crippen molar-refractivity contribution in [2.24, 2.45) is 0 Å². The largest absolute Gasteiger partial charge is 0.468 e. The van der Waals surface area contributed by atoms with Gasteiger partial charge in [-0.25, -0.2) is 0 Å². The van der Waals surface area contributed by atoms with Crippen molar-refractivity contribution in [3.63, 3.8) is 0 Å². The lowest BCUT2D eigenvalue weighted by molar-refractivity contribution is -0.186. The van der Waals surface area contributed by atoms with Gasteiger partial charge in [-0.05, 0) is 24.3 Å². The van der Waals surface area contributed by atoms with E-state index < -0.39 is 19.6 Å². The molecule has 6 heteroatoms. The molecule has 0 saturated carbocycles. The Balaban J connectivity index is 2.29. The summed E-state index contributed by atoms with van der Waals surface area (Å²) in [6.07, 6.45) is -3.70. The van der Waals surface area contributed by atoms with E-state index in [0.717, 1.165) is 0 Å². The van der Waals surface area contributed by atoms with E-state index in [1.165, 1.54) is 24.3 Å². The van der Waals surface area contributed by atoms with E-state index >= 15 is 0 Å². The van der Waals surface area contributed by atoms with Gasteiger partial charge in [0.1, 0.15) is 18.6 Å². The summed E-state index contributed by atoms with van der Waals surface area (Å²) in [5, 5.41) is 0. The SMILES string of the molecule is O=Cc1ccc(OCOCC(F)(F)F)cc1. The minimum atomic E-state index is -4.36. The second kappa shape index (κ2) is 5.50. The normalized spacial score (nSPS) is 11.2. The number of hydrogen-bond donors (Lipinski definition) is 0. The van der Waals surface area contributed by atoms with E-state index in [1.807, 2.05) is 0 Å². The Morgan fingerprint density at radius 3 is 2.31 bits per heavy atom. The summed E-state index contributed by atoms with van der Waals surface area (Å²) in [6, 6.07) is 5.93. The molecule has 0 fully saturated rings. The summed E-state index contributed by atoms with van der Waals surface area (Å²) in [6.45, 7) is -1.83. The second-order valence-corrected chi connectivity index (χ2v) is 2.91. The first kappa shape index (κ1) is 12.5. The van der Waals surface area contributed by atoms with Crippen LogP contribution < -0.4 is 4.74 Å². The number of hydrogen-bond acceptors (Lipinski definition) is 3. The Kier molecular flexibility index (Phi) is 4.30. The Morgan fingerprint density at radius 2 is 1.81 bits per heavy atom. The molecule has 0 aromatic heterocycles. The smallest absolute Gasteiger partial charge is 0.411 e. The minimum absolute atomic E-state index is 0.341. The maximum atomic E-state index is 11.7. The number of aldehydes is 1. The number of halogens is 3. The van der Waals surface area contributed by atoms with Crippen LogP contribution in [-0.4, -0.2) is 25.9 Å². The molecule has 0 saturated heterocycles. The van der Waals surface area contributed by atoms with Gasteiger partial charge in [-0.15, -0.1) is 0 Å². The molecule has 1 rings (SSSR count). The summed E-state index contributed by atoms with van der Waals surface area (Å²) in [7, 11) is 0. The third kappa shape index (κ3) is 4.79. The quantitative estimate of drug-likeness (QED) is 0.446. The highest BCUT2D eigenvalue weighted by Crippen LogP contribution is 2.15. The Labute approximate surface area is 89.8 Å². The molecule has 0 atom stereocenters. The van der Waals surface area contributed by atoms with Crippen LogP contribution in [0.15, 0.2) is 24.3 Å². The van der Waals surface area contributed by atoms with Crippen LogP contribution in [0, 0.1) is 0 Å². The molecule has 3 nitrogen and oxygen atoms in total. The maximum Gasteiger partial charge on any atom is 0.411 e. The van der Waals surface area contributed by atoms with Crippen LogP contribution in [-0.2, 0) is 4.74 Å². The first-order valence-electron chi connectivity index (χ1n) is 4.34. The standard InChI is InChI=1S/C10H9F3O3/c11-10(12,13)6-15-7-16-9-3-1-8(5-14)2-4-9/h1-5H,6-7H2. The number of carbonyl (C=O) groups excluding carboxylic acids is 1. The zero-order valence-electron chi connectivity index (χ0n) is 8.16. The Bertz CT molecular complexity index is 332. The third-order valence-electron chi connectivity index (χ3n) is 1.59. The van der Waals surface area contributed by atoms with Gasteiger partial charge in [-0.2, -0.15) is 13.2 Å². The van der Waals surface area contributed by atoms with Gasteiger partial charge in [0.25, 0.3) is 0 Å². The van der Waals surface area contributed by atoms with Crippen molar-refractivity contribution in [2.45, 2.75) is 6.18 Å². The first-order chi connectivity index (χ1) is 7.51. The van der Waals surface area contributed by atoms with Gasteiger partial charge in [0.05, 0.1) is 0 Å². The van der Waals surface area contributed by atoms with Gasteiger partial charge < -0.3 is 9.47 Å². The van der Waals surface area contributed by atoms with Crippen molar-refractivity contribution in [1.29, 1.82) is 0 Å². The van der Waals surface area contributed by atoms with E-state index in [2.05, 4.69) is 4.74 Å².